The highest BCUT2D eigenvalue weighted by Gasteiger charge is 2.54. The van der Waals surface area contributed by atoms with Crippen LogP contribution in [0.25, 0.3) is 0 Å². The predicted molar refractivity (Wildman–Crippen MR) is 88.4 cm³/mol. The van der Waals surface area contributed by atoms with Gasteiger partial charge in [0.1, 0.15) is 0 Å². The molecule has 3 rings (SSSR count). The maximum absolute atomic E-state index is 6.30. The normalized spacial score (nSPS) is 35.3. The lowest BCUT2D eigenvalue weighted by atomic mass is 9.66. The average Bonchev–Trinajstić information content (AvgIpc) is 3.25. The van der Waals surface area contributed by atoms with Crippen LogP contribution in [-0.4, -0.2) is 25.8 Å². The third kappa shape index (κ3) is 3.64. The standard InChI is InChI=1S/C19H35NO/c1-15(2)13-20-14-19(17-7-5-3-4-6-8-17)11-12-21-18(19)16-9-10-16/h15-18,20H,3-14H2,1-2H3. The van der Waals surface area contributed by atoms with Gasteiger partial charge in [-0.25, -0.2) is 0 Å². The molecule has 2 nitrogen and oxygen atoms in total. The molecule has 122 valence electrons. The third-order valence-corrected chi connectivity index (χ3v) is 6.16. The highest BCUT2D eigenvalue weighted by atomic mass is 16.5. The van der Waals surface area contributed by atoms with Crippen molar-refractivity contribution in [2.45, 2.75) is 77.7 Å². The van der Waals surface area contributed by atoms with Gasteiger partial charge in [0.15, 0.2) is 0 Å². The molecule has 1 N–H and O–H groups in total. The molecule has 2 heteroatoms. The first-order valence-corrected chi connectivity index (χ1v) is 9.55. The first-order chi connectivity index (χ1) is 10.2. The maximum Gasteiger partial charge on any atom is 0.0675 e. The Morgan fingerprint density at radius 1 is 1.05 bits per heavy atom. The van der Waals surface area contributed by atoms with E-state index in [1.807, 2.05) is 0 Å². The molecule has 2 saturated carbocycles. The minimum absolute atomic E-state index is 0.459. The summed E-state index contributed by atoms with van der Waals surface area (Å²) in [6.07, 6.45) is 13.5. The van der Waals surface area contributed by atoms with Crippen molar-refractivity contribution >= 4 is 0 Å². The smallest absolute Gasteiger partial charge is 0.0675 e. The molecule has 1 heterocycles. The molecule has 1 saturated heterocycles. The highest BCUT2D eigenvalue weighted by molar-refractivity contribution is 5.04. The van der Waals surface area contributed by atoms with Crippen LogP contribution in [0.1, 0.15) is 71.6 Å². The summed E-state index contributed by atoms with van der Waals surface area (Å²) in [5, 5.41) is 3.82. The third-order valence-electron chi connectivity index (χ3n) is 6.16. The summed E-state index contributed by atoms with van der Waals surface area (Å²) in [4.78, 5) is 0. The molecule has 0 aromatic rings. The van der Waals surface area contributed by atoms with Crippen LogP contribution in [0.5, 0.6) is 0 Å². The SMILES string of the molecule is CC(C)CNCC1(C2CCCCCC2)CCOC1C1CC1. The number of nitrogens with one attached hydrogen (secondary N) is 1. The van der Waals surface area contributed by atoms with Gasteiger partial charge < -0.3 is 10.1 Å². The fourth-order valence-corrected chi connectivity index (χ4v) is 4.91. The lowest BCUT2D eigenvalue weighted by Gasteiger charge is -2.42. The summed E-state index contributed by atoms with van der Waals surface area (Å²) >= 11 is 0. The zero-order valence-electron chi connectivity index (χ0n) is 14.2. The van der Waals surface area contributed by atoms with Gasteiger partial charge in [-0.3, -0.25) is 0 Å². The second kappa shape index (κ2) is 7.00. The monoisotopic (exact) mass is 293 g/mol. The topological polar surface area (TPSA) is 21.3 Å². The Labute approximate surface area is 131 Å². The number of ether oxygens (including phenoxy) is 1. The Kier molecular flexibility index (Phi) is 5.27. The Morgan fingerprint density at radius 2 is 1.76 bits per heavy atom. The number of hydrogen-bond acceptors (Lipinski definition) is 2. The molecule has 0 spiro atoms. The van der Waals surface area contributed by atoms with Gasteiger partial charge in [-0.1, -0.05) is 39.5 Å². The summed E-state index contributed by atoms with van der Waals surface area (Å²) in [6.45, 7) is 8.01. The molecule has 1 aliphatic heterocycles. The van der Waals surface area contributed by atoms with Crippen molar-refractivity contribution in [1.29, 1.82) is 0 Å². The second-order valence-corrected chi connectivity index (χ2v) is 8.33. The zero-order chi connectivity index (χ0) is 14.7. The van der Waals surface area contributed by atoms with E-state index in [1.165, 1.54) is 64.3 Å². The van der Waals surface area contributed by atoms with E-state index in [0.29, 0.717) is 11.5 Å². The van der Waals surface area contributed by atoms with Gasteiger partial charge in [0.25, 0.3) is 0 Å². The van der Waals surface area contributed by atoms with Crippen molar-refractivity contribution in [2.75, 3.05) is 19.7 Å². The van der Waals surface area contributed by atoms with Crippen LogP contribution in [0.15, 0.2) is 0 Å². The second-order valence-electron chi connectivity index (χ2n) is 8.33. The highest BCUT2D eigenvalue weighted by Crippen LogP contribution is 2.54. The van der Waals surface area contributed by atoms with Gasteiger partial charge in [-0.05, 0) is 56.4 Å². The van der Waals surface area contributed by atoms with Crippen molar-refractivity contribution < 1.29 is 4.74 Å². The lowest BCUT2D eigenvalue weighted by molar-refractivity contribution is -0.00555. The molecular weight excluding hydrogens is 258 g/mol. The van der Waals surface area contributed by atoms with Gasteiger partial charge in [0.05, 0.1) is 6.10 Å². The van der Waals surface area contributed by atoms with Crippen LogP contribution in [0, 0.1) is 23.2 Å². The molecular formula is C19H35NO. The first-order valence-electron chi connectivity index (χ1n) is 9.55. The molecule has 2 atom stereocenters. The minimum atomic E-state index is 0.459. The Morgan fingerprint density at radius 3 is 2.38 bits per heavy atom. The molecule has 0 aromatic carbocycles. The molecule has 21 heavy (non-hydrogen) atoms. The van der Waals surface area contributed by atoms with Gasteiger partial charge in [0, 0.05) is 18.6 Å². The van der Waals surface area contributed by atoms with Crippen LogP contribution in [0.2, 0.25) is 0 Å². The Balaban J connectivity index is 1.72. The summed E-state index contributed by atoms with van der Waals surface area (Å²) in [5.74, 6) is 2.54. The summed E-state index contributed by atoms with van der Waals surface area (Å²) < 4.78 is 6.30. The van der Waals surface area contributed by atoms with Crippen LogP contribution in [0.3, 0.4) is 0 Å². The molecule has 0 bridgehead atoms. The van der Waals surface area contributed by atoms with Crippen LogP contribution < -0.4 is 5.32 Å². The quantitative estimate of drug-likeness (QED) is 0.733. The predicted octanol–water partition coefficient (Wildman–Crippen LogP) is 4.39. The van der Waals surface area contributed by atoms with E-state index < -0.39 is 0 Å². The van der Waals surface area contributed by atoms with E-state index in [-0.39, 0.29) is 0 Å². The van der Waals surface area contributed by atoms with E-state index in [0.717, 1.165) is 30.9 Å². The Hall–Kier alpha value is -0.0800. The zero-order valence-corrected chi connectivity index (χ0v) is 14.2. The van der Waals surface area contributed by atoms with Crippen LogP contribution >= 0.6 is 0 Å². The summed E-state index contributed by atoms with van der Waals surface area (Å²) in [7, 11) is 0. The van der Waals surface area contributed by atoms with E-state index >= 15 is 0 Å². The average molecular weight is 293 g/mol. The first kappa shape index (κ1) is 15.8. The molecule has 0 aromatic heterocycles. The minimum Gasteiger partial charge on any atom is -0.377 e. The van der Waals surface area contributed by atoms with Gasteiger partial charge >= 0.3 is 0 Å². The van der Waals surface area contributed by atoms with Crippen molar-refractivity contribution in [3.05, 3.63) is 0 Å². The van der Waals surface area contributed by atoms with E-state index in [4.69, 9.17) is 4.74 Å². The van der Waals surface area contributed by atoms with Crippen molar-refractivity contribution in [3.8, 4) is 0 Å². The summed E-state index contributed by atoms with van der Waals surface area (Å²) in [5.41, 5.74) is 0.459. The van der Waals surface area contributed by atoms with Gasteiger partial charge in [-0.15, -0.1) is 0 Å². The largest absolute Gasteiger partial charge is 0.377 e. The maximum atomic E-state index is 6.30. The van der Waals surface area contributed by atoms with Gasteiger partial charge in [0.2, 0.25) is 0 Å². The molecule has 3 fully saturated rings. The molecule has 3 aliphatic rings. The van der Waals surface area contributed by atoms with Crippen LogP contribution in [-0.2, 0) is 4.74 Å². The fourth-order valence-electron chi connectivity index (χ4n) is 4.91. The van der Waals surface area contributed by atoms with E-state index in [1.54, 1.807) is 0 Å². The molecule has 2 unspecified atom stereocenters. The fraction of sp³-hybridized carbons (Fsp3) is 1.00. The summed E-state index contributed by atoms with van der Waals surface area (Å²) in [6, 6.07) is 0. The van der Waals surface area contributed by atoms with Crippen LogP contribution in [0.4, 0.5) is 0 Å². The number of hydrogen-bond donors (Lipinski definition) is 1. The van der Waals surface area contributed by atoms with Crippen molar-refractivity contribution in [3.63, 3.8) is 0 Å². The van der Waals surface area contributed by atoms with Crippen molar-refractivity contribution in [2.24, 2.45) is 23.2 Å². The van der Waals surface area contributed by atoms with Crippen molar-refractivity contribution in [1.82, 2.24) is 5.32 Å². The lowest BCUT2D eigenvalue weighted by Crippen LogP contribution is -2.47. The number of rotatable bonds is 6. The Bertz CT molecular complexity index is 318. The molecule has 2 aliphatic carbocycles. The molecule has 0 amide bonds. The van der Waals surface area contributed by atoms with Gasteiger partial charge in [-0.2, -0.15) is 0 Å². The molecule has 0 radical (unpaired) electrons. The van der Waals surface area contributed by atoms with E-state index in [9.17, 15) is 0 Å². The van der Waals surface area contributed by atoms with E-state index in [2.05, 4.69) is 19.2 Å².